The summed E-state index contributed by atoms with van der Waals surface area (Å²) in [5.74, 6) is -0.161. The Morgan fingerprint density at radius 3 is 2.62 bits per heavy atom. The van der Waals surface area contributed by atoms with Gasteiger partial charge in [-0.3, -0.25) is 4.79 Å². The number of hydrogen-bond donors (Lipinski definition) is 2. The molecule has 0 aliphatic rings. The van der Waals surface area contributed by atoms with Crippen LogP contribution in [0.4, 0.5) is 9.52 Å². The molecule has 1 aromatic heterocycles. The fraction of sp³-hybridized carbons (Fsp3) is 0.333. The largest absolute Gasteiger partial charge is 0.330 e. The summed E-state index contributed by atoms with van der Waals surface area (Å²) in [7, 11) is 0. The Labute approximate surface area is 127 Å². The lowest BCUT2D eigenvalue weighted by atomic mass is 10.1. The van der Waals surface area contributed by atoms with E-state index in [0.29, 0.717) is 11.7 Å². The molecule has 112 valence electrons. The molecule has 6 heteroatoms. The highest BCUT2D eigenvalue weighted by atomic mass is 32.1. The molecule has 0 saturated heterocycles. The average Bonchev–Trinajstić information content (AvgIpc) is 2.84. The molecule has 4 nitrogen and oxygen atoms in total. The second-order valence-electron chi connectivity index (χ2n) is 4.98. The second kappa shape index (κ2) is 6.78. The van der Waals surface area contributed by atoms with Gasteiger partial charge in [0.15, 0.2) is 5.13 Å². The third-order valence-electron chi connectivity index (χ3n) is 2.91. The van der Waals surface area contributed by atoms with Crippen LogP contribution in [0, 0.1) is 5.82 Å². The number of carbonyl (C=O) groups excluding carboxylic acids is 1. The van der Waals surface area contributed by atoms with E-state index in [0.717, 1.165) is 16.1 Å². The van der Waals surface area contributed by atoms with Crippen molar-refractivity contribution >= 4 is 22.4 Å². The van der Waals surface area contributed by atoms with E-state index in [-0.39, 0.29) is 24.1 Å². The number of nitrogens with two attached hydrogens (primary N) is 1. The minimum atomic E-state index is -0.281. The molecule has 0 spiro atoms. The molecule has 1 amide bonds. The molecule has 2 aromatic rings. The Morgan fingerprint density at radius 1 is 1.38 bits per heavy atom. The Bertz CT molecular complexity index is 622. The summed E-state index contributed by atoms with van der Waals surface area (Å²) < 4.78 is 13.0. The summed E-state index contributed by atoms with van der Waals surface area (Å²) >= 11 is 1.44. The minimum absolute atomic E-state index is 0.146. The van der Waals surface area contributed by atoms with Crippen LogP contribution >= 0.6 is 11.3 Å². The van der Waals surface area contributed by atoms with Gasteiger partial charge in [-0.15, -0.1) is 11.3 Å². The Morgan fingerprint density at radius 2 is 2.05 bits per heavy atom. The van der Waals surface area contributed by atoms with Gasteiger partial charge >= 0.3 is 0 Å². The lowest BCUT2D eigenvalue weighted by molar-refractivity contribution is -0.116. The van der Waals surface area contributed by atoms with E-state index < -0.39 is 0 Å². The van der Waals surface area contributed by atoms with E-state index in [1.165, 1.54) is 23.5 Å². The maximum Gasteiger partial charge on any atom is 0.227 e. The molecule has 0 atom stereocenters. The molecule has 0 radical (unpaired) electrons. The van der Waals surface area contributed by atoms with E-state index in [4.69, 9.17) is 5.73 Å². The van der Waals surface area contributed by atoms with Crippen molar-refractivity contribution in [3.05, 3.63) is 35.0 Å². The fourth-order valence-electron chi connectivity index (χ4n) is 1.90. The van der Waals surface area contributed by atoms with Crippen molar-refractivity contribution in [2.75, 3.05) is 11.9 Å². The van der Waals surface area contributed by atoms with Crippen LogP contribution < -0.4 is 11.1 Å². The number of nitrogens with one attached hydrogen (secondary N) is 1. The van der Waals surface area contributed by atoms with Gasteiger partial charge in [0, 0.05) is 23.4 Å². The number of aromatic nitrogens is 1. The first kappa shape index (κ1) is 15.6. The number of anilines is 1. The molecule has 0 aliphatic heterocycles. The highest BCUT2D eigenvalue weighted by Gasteiger charge is 2.17. The number of benzene rings is 1. The van der Waals surface area contributed by atoms with Crippen LogP contribution in [-0.2, 0) is 4.79 Å². The van der Waals surface area contributed by atoms with Crippen LogP contribution in [-0.4, -0.2) is 17.4 Å². The first-order chi connectivity index (χ1) is 10.0. The van der Waals surface area contributed by atoms with E-state index >= 15 is 0 Å². The third-order valence-corrected chi connectivity index (χ3v) is 4.18. The number of halogens is 1. The van der Waals surface area contributed by atoms with E-state index in [9.17, 15) is 9.18 Å². The van der Waals surface area contributed by atoms with Crippen LogP contribution in [0.3, 0.4) is 0 Å². The molecule has 1 aromatic carbocycles. The summed E-state index contributed by atoms with van der Waals surface area (Å²) in [6.07, 6.45) is 0.266. The zero-order chi connectivity index (χ0) is 15.4. The minimum Gasteiger partial charge on any atom is -0.330 e. The van der Waals surface area contributed by atoms with Crippen molar-refractivity contribution in [3.63, 3.8) is 0 Å². The lowest BCUT2D eigenvalue weighted by Crippen LogP contribution is -2.15. The van der Waals surface area contributed by atoms with Crippen LogP contribution in [0.5, 0.6) is 0 Å². The summed E-state index contributed by atoms with van der Waals surface area (Å²) in [6, 6.07) is 6.21. The average molecular weight is 307 g/mol. The molecule has 3 N–H and O–H groups in total. The topological polar surface area (TPSA) is 68.0 Å². The number of nitrogens with zero attached hydrogens (tertiary/aromatic N) is 1. The summed E-state index contributed by atoms with van der Waals surface area (Å²) in [5.41, 5.74) is 6.99. The second-order valence-corrected chi connectivity index (χ2v) is 6.01. The van der Waals surface area contributed by atoms with Gasteiger partial charge in [-0.05, 0) is 30.2 Å². The lowest BCUT2D eigenvalue weighted by Gasteiger charge is -2.04. The van der Waals surface area contributed by atoms with Crippen molar-refractivity contribution in [2.45, 2.75) is 26.2 Å². The molecule has 1 heterocycles. The Kier molecular flexibility index (Phi) is 5.03. The quantitative estimate of drug-likeness (QED) is 0.890. The number of hydrogen-bond acceptors (Lipinski definition) is 4. The zero-order valence-electron chi connectivity index (χ0n) is 12.0. The number of rotatable bonds is 5. The van der Waals surface area contributed by atoms with Crippen molar-refractivity contribution < 1.29 is 9.18 Å². The molecule has 0 unspecified atom stereocenters. The van der Waals surface area contributed by atoms with Gasteiger partial charge in [-0.1, -0.05) is 13.8 Å². The number of carbonyl (C=O) groups is 1. The number of thiazole rings is 1. The summed E-state index contributed by atoms with van der Waals surface area (Å²) in [4.78, 5) is 17.1. The van der Waals surface area contributed by atoms with Gasteiger partial charge < -0.3 is 11.1 Å². The van der Waals surface area contributed by atoms with E-state index in [1.807, 2.05) is 0 Å². The highest BCUT2D eigenvalue weighted by molar-refractivity contribution is 7.16. The molecule has 0 aliphatic carbocycles. The fourth-order valence-corrected chi connectivity index (χ4v) is 2.91. The molecule has 0 fully saturated rings. The highest BCUT2D eigenvalue weighted by Crippen LogP contribution is 2.36. The van der Waals surface area contributed by atoms with Crippen LogP contribution in [0.1, 0.15) is 31.1 Å². The SMILES string of the molecule is CC(C)c1sc(NC(=O)CCN)nc1-c1ccc(F)cc1. The summed E-state index contributed by atoms with van der Waals surface area (Å²) in [6.45, 7) is 4.43. The van der Waals surface area contributed by atoms with Crippen molar-refractivity contribution in [1.29, 1.82) is 0 Å². The van der Waals surface area contributed by atoms with E-state index in [2.05, 4.69) is 24.1 Å². The maximum absolute atomic E-state index is 13.0. The van der Waals surface area contributed by atoms with Crippen molar-refractivity contribution in [1.82, 2.24) is 4.98 Å². The maximum atomic E-state index is 13.0. The normalized spacial score (nSPS) is 10.9. The molecular formula is C15H18FN3OS. The van der Waals surface area contributed by atoms with E-state index in [1.54, 1.807) is 12.1 Å². The monoisotopic (exact) mass is 307 g/mol. The first-order valence-corrected chi connectivity index (χ1v) is 7.59. The Balaban J connectivity index is 2.33. The standard InChI is InChI=1S/C15H18FN3OS/c1-9(2)14-13(10-3-5-11(16)6-4-10)19-15(21-14)18-12(20)7-8-17/h3-6,9H,7-8,17H2,1-2H3,(H,18,19,20). The van der Waals surface area contributed by atoms with Crippen LogP contribution in [0.2, 0.25) is 0 Å². The smallest absolute Gasteiger partial charge is 0.227 e. The Hall–Kier alpha value is -1.79. The number of amides is 1. The third kappa shape index (κ3) is 3.86. The molecule has 21 heavy (non-hydrogen) atoms. The van der Waals surface area contributed by atoms with Gasteiger partial charge in [0.1, 0.15) is 5.82 Å². The molecule has 0 bridgehead atoms. The molecule has 2 rings (SSSR count). The van der Waals surface area contributed by atoms with Gasteiger partial charge in [0.25, 0.3) is 0 Å². The zero-order valence-corrected chi connectivity index (χ0v) is 12.8. The summed E-state index contributed by atoms with van der Waals surface area (Å²) in [5, 5.41) is 3.31. The van der Waals surface area contributed by atoms with Gasteiger partial charge in [-0.2, -0.15) is 0 Å². The van der Waals surface area contributed by atoms with Gasteiger partial charge in [0.05, 0.1) is 5.69 Å². The van der Waals surface area contributed by atoms with Gasteiger partial charge in [-0.25, -0.2) is 9.37 Å². The van der Waals surface area contributed by atoms with Crippen molar-refractivity contribution in [3.8, 4) is 11.3 Å². The first-order valence-electron chi connectivity index (χ1n) is 6.78. The predicted octanol–water partition coefficient (Wildman–Crippen LogP) is 3.36. The van der Waals surface area contributed by atoms with Crippen LogP contribution in [0.25, 0.3) is 11.3 Å². The van der Waals surface area contributed by atoms with Crippen molar-refractivity contribution in [2.24, 2.45) is 5.73 Å². The van der Waals surface area contributed by atoms with Crippen LogP contribution in [0.15, 0.2) is 24.3 Å². The molecular weight excluding hydrogens is 289 g/mol. The molecule has 0 saturated carbocycles. The predicted molar refractivity (Wildman–Crippen MR) is 83.9 cm³/mol. The van der Waals surface area contributed by atoms with Gasteiger partial charge in [0.2, 0.25) is 5.91 Å².